The van der Waals surface area contributed by atoms with Gasteiger partial charge in [-0.15, -0.1) is 0 Å². The van der Waals surface area contributed by atoms with E-state index < -0.39 is 8.45 Å². The van der Waals surface area contributed by atoms with E-state index in [0.717, 1.165) is 11.8 Å². The van der Waals surface area contributed by atoms with Gasteiger partial charge in [0.05, 0.1) is 0 Å². The highest BCUT2D eigenvalue weighted by Crippen LogP contribution is 2.50. The van der Waals surface area contributed by atoms with Crippen molar-refractivity contribution in [2.24, 2.45) is 11.7 Å². The Hall–Kier alpha value is 0.210. The van der Waals surface area contributed by atoms with Crippen molar-refractivity contribution in [2.45, 2.75) is 86.5 Å². The number of thioether (sulfide) groups is 1. The second kappa shape index (κ2) is 15.1. The van der Waals surface area contributed by atoms with Gasteiger partial charge in [0.2, 0.25) is 0 Å². The van der Waals surface area contributed by atoms with E-state index in [-0.39, 0.29) is 30.6 Å². The molecule has 2 N–H and O–H groups in total. The van der Waals surface area contributed by atoms with E-state index in [9.17, 15) is 4.79 Å². The number of nitrogens with two attached hydrogens (primary N) is 1. The Bertz CT molecular complexity index is 392. The fraction of sp³-hybridized carbons (Fsp3) is 0.947. The summed E-state index contributed by atoms with van der Waals surface area (Å²) in [5.41, 5.74) is 5.48. The molecule has 0 saturated carbocycles. The summed E-state index contributed by atoms with van der Waals surface area (Å²) < 4.78 is 21.9. The lowest BCUT2D eigenvalue weighted by Gasteiger charge is -2.45. The van der Waals surface area contributed by atoms with E-state index in [1.807, 2.05) is 6.92 Å². The molecule has 0 aliphatic rings. The molecule has 28 heavy (non-hydrogen) atoms. The molecule has 168 valence electrons. The highest BCUT2D eigenvalue weighted by atomic mass is 32.2. The van der Waals surface area contributed by atoms with Crippen molar-refractivity contribution < 1.29 is 18.8 Å². The first-order chi connectivity index (χ1) is 13.0. The van der Waals surface area contributed by atoms with Crippen molar-refractivity contribution in [1.29, 1.82) is 0 Å². The summed E-state index contributed by atoms with van der Waals surface area (Å²) in [6.45, 7) is 19.9. The van der Waals surface area contributed by atoms with Crippen LogP contribution in [-0.4, -0.2) is 64.7 Å². The normalized spacial score (nSPS) is 13.9. The topological polar surface area (TPSA) is 77.3 Å². The van der Waals surface area contributed by atoms with Gasteiger partial charge in [-0.05, 0) is 55.4 Å². The average molecular weight is 440 g/mol. The molecule has 0 spiro atoms. The summed E-state index contributed by atoms with van der Waals surface area (Å²) in [6.07, 6.45) is 0. The molecule has 0 fully saturated rings. The third kappa shape index (κ3) is 10.3. The molecule has 0 saturated heterocycles. The minimum atomic E-state index is -0.978. The molecule has 7 nitrogen and oxygen atoms in total. The van der Waals surface area contributed by atoms with Crippen molar-refractivity contribution >= 4 is 25.3 Å². The Balaban J connectivity index is 4.63. The second-order valence-electron chi connectivity index (χ2n) is 7.88. The fourth-order valence-electron chi connectivity index (χ4n) is 2.79. The Morgan fingerprint density at radius 1 is 0.857 bits per heavy atom. The van der Waals surface area contributed by atoms with Gasteiger partial charge in [-0.1, -0.05) is 18.7 Å². The minimum absolute atomic E-state index is 0.0382. The standard InChI is InChI=1S/C19H42N3O4PS/c1-14(2)21(15(3)4)27(22(16(5)6)17(7)8)26-12-24-11-25-13-28-19(23)18(9)10-20/h14-18H,10-13,20H2,1-9H3. The van der Waals surface area contributed by atoms with Crippen LogP contribution < -0.4 is 5.73 Å². The number of ether oxygens (including phenoxy) is 2. The van der Waals surface area contributed by atoms with Crippen molar-refractivity contribution in [1.82, 2.24) is 9.34 Å². The van der Waals surface area contributed by atoms with Gasteiger partial charge in [0.1, 0.15) is 5.94 Å². The lowest BCUT2D eigenvalue weighted by molar-refractivity contribution is -0.114. The van der Waals surface area contributed by atoms with Crippen LogP contribution in [0.3, 0.4) is 0 Å². The van der Waals surface area contributed by atoms with Crippen molar-refractivity contribution in [3.8, 4) is 0 Å². The summed E-state index contributed by atoms with van der Waals surface area (Å²) in [6, 6.07) is 1.42. The van der Waals surface area contributed by atoms with E-state index in [0.29, 0.717) is 30.7 Å². The summed E-state index contributed by atoms with van der Waals surface area (Å²) in [5.74, 6) is 0.101. The van der Waals surface area contributed by atoms with E-state index in [1.165, 1.54) is 0 Å². The quantitative estimate of drug-likeness (QED) is 0.231. The third-order valence-corrected chi connectivity index (χ3v) is 7.92. The van der Waals surface area contributed by atoms with Crippen LogP contribution in [0.5, 0.6) is 0 Å². The molecule has 0 radical (unpaired) electrons. The summed E-state index contributed by atoms with van der Waals surface area (Å²) in [7, 11) is -0.978. The molecular formula is C19H42N3O4PS. The van der Waals surface area contributed by atoms with Gasteiger partial charge in [0, 0.05) is 36.6 Å². The molecule has 0 aromatic carbocycles. The number of carbonyl (C=O) groups excluding carboxylic acids is 1. The van der Waals surface area contributed by atoms with Crippen LogP contribution in [0.25, 0.3) is 0 Å². The van der Waals surface area contributed by atoms with E-state index in [2.05, 4.69) is 64.7 Å². The maximum absolute atomic E-state index is 11.7. The third-order valence-electron chi connectivity index (χ3n) is 3.97. The van der Waals surface area contributed by atoms with E-state index in [4.69, 9.17) is 19.7 Å². The van der Waals surface area contributed by atoms with Crippen molar-refractivity contribution in [3.05, 3.63) is 0 Å². The number of hydrogen-bond donors (Lipinski definition) is 1. The Kier molecular flexibility index (Phi) is 15.2. The van der Waals surface area contributed by atoms with Crippen LogP contribution in [0.4, 0.5) is 0 Å². The highest BCUT2D eigenvalue weighted by Gasteiger charge is 2.34. The number of nitrogens with zero attached hydrogens (tertiary/aromatic N) is 2. The first-order valence-corrected chi connectivity index (χ1v) is 12.2. The lowest BCUT2D eigenvalue weighted by Crippen LogP contribution is -2.43. The van der Waals surface area contributed by atoms with Crippen LogP contribution >= 0.6 is 20.2 Å². The maximum Gasteiger partial charge on any atom is 0.195 e. The molecular weight excluding hydrogens is 397 g/mol. The van der Waals surface area contributed by atoms with Gasteiger partial charge < -0.3 is 19.7 Å². The minimum Gasteiger partial charge on any atom is -0.344 e. The van der Waals surface area contributed by atoms with Crippen LogP contribution in [0, 0.1) is 5.92 Å². The molecule has 0 rings (SSSR count). The number of hydrogen-bond acceptors (Lipinski definition) is 8. The zero-order chi connectivity index (χ0) is 21.9. The summed E-state index contributed by atoms with van der Waals surface area (Å²) in [4.78, 5) is 11.7. The maximum atomic E-state index is 11.7. The first kappa shape index (κ1) is 28.2. The molecule has 0 amide bonds. The molecule has 0 aromatic heterocycles. The van der Waals surface area contributed by atoms with Gasteiger partial charge in [0.25, 0.3) is 0 Å². The molecule has 0 heterocycles. The number of carbonyl (C=O) groups is 1. The van der Waals surface area contributed by atoms with E-state index in [1.54, 1.807) is 0 Å². The van der Waals surface area contributed by atoms with Crippen molar-refractivity contribution in [3.63, 3.8) is 0 Å². The van der Waals surface area contributed by atoms with Crippen LogP contribution in [-0.2, 0) is 18.8 Å². The highest BCUT2D eigenvalue weighted by molar-refractivity contribution is 8.13. The molecule has 1 atom stereocenters. The first-order valence-electron chi connectivity index (χ1n) is 10.1. The lowest BCUT2D eigenvalue weighted by atomic mass is 10.2. The van der Waals surface area contributed by atoms with Gasteiger partial charge >= 0.3 is 0 Å². The van der Waals surface area contributed by atoms with Gasteiger partial charge in [0.15, 0.2) is 27.2 Å². The summed E-state index contributed by atoms with van der Waals surface area (Å²) >= 11 is 1.12. The Morgan fingerprint density at radius 3 is 1.71 bits per heavy atom. The molecule has 0 aromatic rings. The van der Waals surface area contributed by atoms with Gasteiger partial charge in [-0.2, -0.15) is 0 Å². The van der Waals surface area contributed by atoms with Gasteiger partial charge in [-0.25, -0.2) is 9.34 Å². The molecule has 0 aliphatic heterocycles. The van der Waals surface area contributed by atoms with Crippen LogP contribution in [0.2, 0.25) is 0 Å². The predicted octanol–water partition coefficient (Wildman–Crippen LogP) is 4.23. The predicted molar refractivity (Wildman–Crippen MR) is 120 cm³/mol. The zero-order valence-corrected chi connectivity index (χ0v) is 20.9. The SMILES string of the molecule is CC(CN)C(=O)SCOCOCOP(N(C(C)C)C(C)C)N(C(C)C)C(C)C. The molecule has 0 bridgehead atoms. The second-order valence-corrected chi connectivity index (χ2v) is 10.5. The van der Waals surface area contributed by atoms with Crippen molar-refractivity contribution in [2.75, 3.05) is 26.1 Å². The monoisotopic (exact) mass is 439 g/mol. The molecule has 1 unspecified atom stereocenters. The Morgan fingerprint density at radius 2 is 1.32 bits per heavy atom. The Labute approximate surface area is 177 Å². The summed E-state index contributed by atoms with van der Waals surface area (Å²) in [5, 5.41) is 0.0382. The van der Waals surface area contributed by atoms with Gasteiger partial charge in [-0.3, -0.25) is 4.79 Å². The fourth-order valence-corrected chi connectivity index (χ4v) is 5.69. The number of rotatable bonds is 15. The molecule has 9 heteroatoms. The largest absolute Gasteiger partial charge is 0.344 e. The van der Waals surface area contributed by atoms with Crippen LogP contribution in [0.15, 0.2) is 0 Å². The van der Waals surface area contributed by atoms with Crippen LogP contribution in [0.1, 0.15) is 62.3 Å². The zero-order valence-electron chi connectivity index (χ0n) is 19.2. The molecule has 0 aliphatic carbocycles. The average Bonchev–Trinajstić information content (AvgIpc) is 2.58. The van der Waals surface area contributed by atoms with E-state index >= 15 is 0 Å². The smallest absolute Gasteiger partial charge is 0.195 e.